The van der Waals surface area contributed by atoms with E-state index in [2.05, 4.69) is 5.92 Å². The summed E-state index contributed by atoms with van der Waals surface area (Å²) in [5.41, 5.74) is 0.899. The number of benzene rings is 1. The molecule has 0 amide bonds. The quantitative estimate of drug-likeness (QED) is 0.842. The average molecular weight is 248 g/mol. The maximum atomic E-state index is 7.86. The van der Waals surface area contributed by atoms with Crippen LogP contribution in [0, 0.1) is 17.8 Å². The van der Waals surface area contributed by atoms with Gasteiger partial charge in [-0.15, -0.1) is 6.42 Å². The fraction of sp³-hybridized carbons (Fsp3) is 0.250. The molecule has 0 unspecified atom stereocenters. The second kappa shape index (κ2) is 4.52. The summed E-state index contributed by atoms with van der Waals surface area (Å²) in [5, 5.41) is 7.86. The molecule has 5 heteroatoms. The Balaban J connectivity index is 2.75. The second-order valence-electron chi connectivity index (χ2n) is 3.37. The van der Waals surface area contributed by atoms with Crippen LogP contribution >= 0.6 is 11.3 Å². The summed E-state index contributed by atoms with van der Waals surface area (Å²) in [4.78, 5) is 0.424. The summed E-state index contributed by atoms with van der Waals surface area (Å²) in [6.07, 6.45) is 5.30. The van der Waals surface area contributed by atoms with Crippen molar-refractivity contribution in [3.8, 4) is 23.8 Å². The molecule has 2 aromatic rings. The highest BCUT2D eigenvalue weighted by atomic mass is 32.1. The van der Waals surface area contributed by atoms with Crippen molar-refractivity contribution >= 4 is 21.6 Å². The molecule has 1 N–H and O–H groups in total. The van der Waals surface area contributed by atoms with E-state index in [0.717, 1.165) is 10.2 Å². The van der Waals surface area contributed by atoms with Crippen molar-refractivity contribution in [1.82, 2.24) is 4.57 Å². The summed E-state index contributed by atoms with van der Waals surface area (Å²) in [5.74, 6) is 3.85. The molecule has 1 heterocycles. The van der Waals surface area contributed by atoms with E-state index in [-0.39, 0.29) is 0 Å². The van der Waals surface area contributed by atoms with Gasteiger partial charge in [-0.25, -0.2) is 0 Å². The number of fused-ring (bicyclic) bond motifs is 1. The van der Waals surface area contributed by atoms with Crippen molar-refractivity contribution in [2.24, 2.45) is 0 Å². The number of hydrogen-bond donors (Lipinski definition) is 1. The van der Waals surface area contributed by atoms with Crippen LogP contribution in [0.15, 0.2) is 12.1 Å². The van der Waals surface area contributed by atoms with E-state index in [1.807, 2.05) is 12.1 Å². The minimum Gasteiger partial charge on any atom is -0.493 e. The Labute approximate surface area is 103 Å². The Hall–Kier alpha value is -1.93. The van der Waals surface area contributed by atoms with Gasteiger partial charge in [0.15, 0.2) is 16.3 Å². The monoisotopic (exact) mass is 248 g/mol. The van der Waals surface area contributed by atoms with E-state index in [1.165, 1.54) is 11.3 Å². The molecular formula is C12H12N2O2S. The highest BCUT2D eigenvalue weighted by Gasteiger charge is 2.11. The Kier molecular flexibility index (Phi) is 3.07. The Bertz CT molecular complexity index is 649. The number of aromatic nitrogens is 1. The Morgan fingerprint density at radius 1 is 1.35 bits per heavy atom. The first-order chi connectivity index (χ1) is 8.21. The van der Waals surface area contributed by atoms with Gasteiger partial charge in [-0.1, -0.05) is 17.3 Å². The van der Waals surface area contributed by atoms with Gasteiger partial charge in [0.2, 0.25) is 0 Å². The third-order valence-corrected chi connectivity index (χ3v) is 3.42. The molecule has 1 aromatic carbocycles. The molecule has 2 rings (SSSR count). The lowest BCUT2D eigenvalue weighted by Gasteiger charge is -2.08. The van der Waals surface area contributed by atoms with Crippen LogP contribution in [0.4, 0.5) is 0 Å². The largest absolute Gasteiger partial charge is 0.493 e. The van der Waals surface area contributed by atoms with Crippen LogP contribution in [0.5, 0.6) is 11.5 Å². The number of nitrogens with zero attached hydrogens (tertiary/aromatic N) is 1. The zero-order chi connectivity index (χ0) is 12.4. The van der Waals surface area contributed by atoms with Gasteiger partial charge in [0.1, 0.15) is 0 Å². The summed E-state index contributed by atoms with van der Waals surface area (Å²) < 4.78 is 13.2. The maximum absolute atomic E-state index is 7.86. The molecule has 0 bridgehead atoms. The Morgan fingerprint density at radius 3 is 2.59 bits per heavy atom. The van der Waals surface area contributed by atoms with Crippen molar-refractivity contribution in [3.05, 3.63) is 16.9 Å². The van der Waals surface area contributed by atoms with Crippen LogP contribution in [-0.4, -0.2) is 18.8 Å². The van der Waals surface area contributed by atoms with Gasteiger partial charge in [-0.05, 0) is 0 Å². The minimum atomic E-state index is 0.383. The van der Waals surface area contributed by atoms with Gasteiger partial charge >= 0.3 is 0 Å². The number of nitrogens with one attached hydrogen (secondary N) is 1. The second-order valence-corrected chi connectivity index (χ2v) is 4.40. The van der Waals surface area contributed by atoms with Crippen molar-refractivity contribution < 1.29 is 9.47 Å². The van der Waals surface area contributed by atoms with Crippen LogP contribution < -0.4 is 14.3 Å². The molecule has 17 heavy (non-hydrogen) atoms. The summed E-state index contributed by atoms with van der Waals surface area (Å²) >= 11 is 1.37. The zero-order valence-electron chi connectivity index (χ0n) is 9.61. The third-order valence-electron chi connectivity index (χ3n) is 2.46. The molecular weight excluding hydrogens is 236 g/mol. The van der Waals surface area contributed by atoms with Crippen LogP contribution in [-0.2, 0) is 6.54 Å². The third kappa shape index (κ3) is 1.87. The van der Waals surface area contributed by atoms with Gasteiger partial charge in [0.25, 0.3) is 0 Å². The highest BCUT2D eigenvalue weighted by molar-refractivity contribution is 7.16. The van der Waals surface area contributed by atoms with Crippen LogP contribution in [0.25, 0.3) is 10.2 Å². The predicted octanol–water partition coefficient (Wildman–Crippen LogP) is 1.83. The van der Waals surface area contributed by atoms with Crippen LogP contribution in [0.1, 0.15) is 0 Å². The number of terminal acetylenes is 1. The van der Waals surface area contributed by atoms with Crippen molar-refractivity contribution in [2.75, 3.05) is 14.2 Å². The van der Waals surface area contributed by atoms with Crippen molar-refractivity contribution in [1.29, 1.82) is 5.41 Å². The lowest BCUT2D eigenvalue weighted by atomic mass is 10.3. The van der Waals surface area contributed by atoms with E-state index in [0.29, 0.717) is 22.8 Å². The molecule has 0 aliphatic rings. The molecule has 1 aromatic heterocycles. The molecule has 0 saturated carbocycles. The standard InChI is InChI=1S/C12H12N2O2S/c1-4-5-14-8-6-9(15-2)10(16-3)7-11(8)17-12(14)13/h1,6-7,13H,5H2,2-3H3. The number of methoxy groups -OCH3 is 2. The lowest BCUT2D eigenvalue weighted by Crippen LogP contribution is -2.11. The van der Waals surface area contributed by atoms with Gasteiger partial charge in [-0.2, -0.15) is 0 Å². The Morgan fingerprint density at radius 2 is 2.00 bits per heavy atom. The van der Waals surface area contributed by atoms with E-state index in [9.17, 15) is 0 Å². The predicted molar refractivity (Wildman–Crippen MR) is 67.6 cm³/mol. The fourth-order valence-corrected chi connectivity index (χ4v) is 2.58. The van der Waals surface area contributed by atoms with E-state index in [1.54, 1.807) is 18.8 Å². The number of ether oxygens (including phenoxy) is 2. The summed E-state index contributed by atoms with van der Waals surface area (Å²) in [6.45, 7) is 0.383. The molecule has 0 aliphatic heterocycles. The summed E-state index contributed by atoms with van der Waals surface area (Å²) in [6, 6.07) is 3.71. The van der Waals surface area contributed by atoms with Crippen molar-refractivity contribution in [3.63, 3.8) is 0 Å². The summed E-state index contributed by atoms with van der Waals surface area (Å²) in [7, 11) is 3.18. The zero-order valence-corrected chi connectivity index (χ0v) is 10.4. The first-order valence-electron chi connectivity index (χ1n) is 4.94. The van der Waals surface area contributed by atoms with E-state index in [4.69, 9.17) is 21.3 Å². The SMILES string of the molecule is C#CCn1c(=N)sc2cc(OC)c(OC)cc21. The molecule has 0 atom stereocenters. The fourth-order valence-electron chi connectivity index (χ4n) is 1.66. The van der Waals surface area contributed by atoms with Gasteiger partial charge < -0.3 is 14.0 Å². The first-order valence-corrected chi connectivity index (χ1v) is 5.76. The number of hydrogen-bond acceptors (Lipinski definition) is 4. The molecule has 0 saturated heterocycles. The van der Waals surface area contributed by atoms with Crippen LogP contribution in [0.3, 0.4) is 0 Å². The number of rotatable bonds is 3. The first kappa shape index (κ1) is 11.6. The minimum absolute atomic E-state index is 0.383. The molecule has 4 nitrogen and oxygen atoms in total. The topological polar surface area (TPSA) is 47.2 Å². The normalized spacial score (nSPS) is 10.2. The average Bonchev–Trinajstić information content (AvgIpc) is 2.64. The highest BCUT2D eigenvalue weighted by Crippen LogP contribution is 2.33. The molecule has 88 valence electrons. The molecule has 0 aliphatic carbocycles. The lowest BCUT2D eigenvalue weighted by molar-refractivity contribution is 0.355. The van der Waals surface area contributed by atoms with Crippen LogP contribution in [0.2, 0.25) is 0 Å². The van der Waals surface area contributed by atoms with Gasteiger partial charge in [0, 0.05) is 12.1 Å². The molecule has 0 fully saturated rings. The van der Waals surface area contributed by atoms with Crippen molar-refractivity contribution in [2.45, 2.75) is 6.54 Å². The maximum Gasteiger partial charge on any atom is 0.183 e. The van der Waals surface area contributed by atoms with Gasteiger partial charge in [0.05, 0.1) is 31.0 Å². The van der Waals surface area contributed by atoms with Gasteiger partial charge in [-0.3, -0.25) is 5.41 Å². The molecule has 0 spiro atoms. The van der Waals surface area contributed by atoms with E-state index >= 15 is 0 Å². The number of thiazole rings is 1. The molecule has 0 radical (unpaired) electrons. The smallest absolute Gasteiger partial charge is 0.183 e. The van der Waals surface area contributed by atoms with E-state index < -0.39 is 0 Å².